The van der Waals surface area contributed by atoms with Crippen LogP contribution in [0.4, 0.5) is 0 Å². The molecule has 2 radical (unpaired) electrons. The van der Waals surface area contributed by atoms with Crippen molar-refractivity contribution in [2.45, 2.75) is 41.5 Å². The summed E-state index contributed by atoms with van der Waals surface area (Å²) in [5.41, 5.74) is 21.1. The van der Waals surface area contributed by atoms with Gasteiger partial charge in [0.2, 0.25) is 0 Å². The van der Waals surface area contributed by atoms with E-state index >= 15 is 0 Å². The van der Waals surface area contributed by atoms with E-state index in [0.717, 1.165) is 9.52 Å². The van der Waals surface area contributed by atoms with Gasteiger partial charge >= 0.3 is 37.9 Å². The fourth-order valence-electron chi connectivity index (χ4n) is 9.17. The Bertz CT molecular complexity index is 2940. The summed E-state index contributed by atoms with van der Waals surface area (Å²) in [4.78, 5) is 0. The predicted molar refractivity (Wildman–Crippen MR) is 277 cm³/mol. The van der Waals surface area contributed by atoms with Crippen molar-refractivity contribution in [3.8, 4) is 55.6 Å². The average Bonchev–Trinajstić information content (AvgIpc) is 3.99. The predicted octanol–water partition coefficient (Wildman–Crippen LogP) is 16.1. The molecule has 10 aromatic carbocycles. The van der Waals surface area contributed by atoms with E-state index in [9.17, 15) is 0 Å². The Kier molecular flexibility index (Phi) is 14.6. The molecule has 314 valence electrons. The van der Waals surface area contributed by atoms with Crippen LogP contribution in [0.15, 0.2) is 188 Å². The number of benzene rings is 8. The largest absolute Gasteiger partial charge is 0.184 e. The molecule has 0 amide bonds. The van der Waals surface area contributed by atoms with Crippen LogP contribution in [0.5, 0.6) is 0 Å². The zero-order valence-corrected chi connectivity index (χ0v) is 42.1. The summed E-state index contributed by atoms with van der Waals surface area (Å²) in [7, 11) is 10.7. The van der Waals surface area contributed by atoms with Crippen molar-refractivity contribution in [1.29, 1.82) is 0 Å². The van der Waals surface area contributed by atoms with Gasteiger partial charge < -0.3 is 0 Å². The summed E-state index contributed by atoms with van der Waals surface area (Å²) in [6, 6.07) is 71.4. The van der Waals surface area contributed by atoms with Gasteiger partial charge in [-0.15, -0.1) is 62.5 Å². The Morgan fingerprint density at radius 3 is 1.31 bits per heavy atom. The summed E-state index contributed by atoms with van der Waals surface area (Å²) >= 11 is -0.826. The Labute approximate surface area is 400 Å². The van der Waals surface area contributed by atoms with Gasteiger partial charge in [0.25, 0.3) is 0 Å². The van der Waals surface area contributed by atoms with E-state index in [-0.39, 0.29) is 0 Å². The van der Waals surface area contributed by atoms with Gasteiger partial charge in [0.1, 0.15) is 0 Å². The smallest absolute Gasteiger partial charge is 0.0920 e. The molecule has 1 heterocycles. The average molecular weight is 960 g/mol. The molecule has 4 heteroatoms. The first-order valence-electron chi connectivity index (χ1n) is 21.6. The molecule has 0 fully saturated rings. The van der Waals surface area contributed by atoms with Crippen LogP contribution < -0.4 is 10.4 Å². The van der Waals surface area contributed by atoms with Crippen LogP contribution in [0.1, 0.15) is 33.4 Å². The zero-order chi connectivity index (χ0) is 44.7. The SMILES string of the molecule is Cc1cc(C)cc(-c2c(-c3ccccc3)ccc3[cH-]c(C)cc23)c1.Cc1cc(C)cc(-c2c(-c3ccccc3)ccc3[cH-]c(C)cc23)c1.[Cl][Zr][Cl].[c-]1cccc2c1[Si]c1ccccc1-2. The number of hydrogen-bond donors (Lipinski definition) is 0. The first-order valence-corrected chi connectivity index (χ1v) is 28.9. The number of hydrogen-bond acceptors (Lipinski definition) is 0. The van der Waals surface area contributed by atoms with Crippen LogP contribution in [0, 0.1) is 47.6 Å². The maximum atomic E-state index is 4.93. The molecular weight excluding hydrogens is 911 g/mol. The molecule has 0 saturated heterocycles. The zero-order valence-electron chi connectivity index (χ0n) is 37.2. The number of fused-ring (bicyclic) bond motifs is 5. The fourth-order valence-corrected chi connectivity index (χ4v) is 10.5. The van der Waals surface area contributed by atoms with Gasteiger partial charge in [-0.1, -0.05) is 191 Å². The molecule has 0 N–H and O–H groups in total. The van der Waals surface area contributed by atoms with Crippen LogP contribution in [0.2, 0.25) is 0 Å². The van der Waals surface area contributed by atoms with Crippen molar-refractivity contribution in [3.05, 3.63) is 228 Å². The second kappa shape index (κ2) is 20.7. The van der Waals surface area contributed by atoms with E-state index in [1.807, 2.05) is 6.07 Å². The maximum Gasteiger partial charge on any atom is 0.0920 e. The molecule has 0 saturated carbocycles. The summed E-state index contributed by atoms with van der Waals surface area (Å²) in [5.74, 6) is 0. The Morgan fingerprint density at radius 1 is 0.422 bits per heavy atom. The Hall–Kier alpha value is -5.34. The van der Waals surface area contributed by atoms with Gasteiger partial charge in [0.15, 0.2) is 0 Å². The van der Waals surface area contributed by atoms with Crippen LogP contribution in [-0.2, 0) is 20.8 Å². The molecule has 10 aromatic rings. The summed E-state index contributed by atoms with van der Waals surface area (Å²) < 4.78 is 0. The summed E-state index contributed by atoms with van der Waals surface area (Å²) in [5, 5.41) is 8.16. The second-order valence-corrected chi connectivity index (χ2v) is 21.8. The van der Waals surface area contributed by atoms with Crippen molar-refractivity contribution < 1.29 is 20.8 Å². The molecule has 11 rings (SSSR count). The van der Waals surface area contributed by atoms with Crippen molar-refractivity contribution in [2.75, 3.05) is 0 Å². The quantitative estimate of drug-likeness (QED) is 0.122. The van der Waals surface area contributed by atoms with E-state index in [1.165, 1.54) is 121 Å². The van der Waals surface area contributed by atoms with Gasteiger partial charge in [-0.25, -0.2) is 0 Å². The first kappa shape index (κ1) is 45.2. The molecule has 0 atom stereocenters. The van der Waals surface area contributed by atoms with Crippen molar-refractivity contribution in [3.63, 3.8) is 0 Å². The minimum atomic E-state index is -0.826. The third-order valence-corrected chi connectivity index (χ3v) is 13.0. The molecule has 1 aliphatic rings. The number of halogens is 2. The normalized spacial score (nSPS) is 11.1. The van der Waals surface area contributed by atoms with Crippen LogP contribution >= 0.6 is 17.0 Å². The molecule has 0 aromatic heterocycles. The monoisotopic (exact) mass is 957 g/mol. The standard InChI is InChI=1S/2C24H21.C12H7Si.2ClH.Zr/c2*1-16-11-17(2)14-21(13-16)24-22(19-7-5-4-6-8-19)10-9-20-12-18(3)15-23(20)24;1-3-7-11-9(5-1)10-6-2-4-8-12(10)13-11;;;/h2*4-15H,1-3H3;1-7H;2*1H;/q3*-1;;;+2/p-2. The van der Waals surface area contributed by atoms with Gasteiger partial charge in [-0.05, 0) is 61.1 Å². The minimum Gasteiger partial charge on any atom is -0.184 e. The van der Waals surface area contributed by atoms with E-state index in [0.29, 0.717) is 0 Å². The molecule has 0 aliphatic carbocycles. The number of rotatable bonds is 4. The first-order chi connectivity index (χ1) is 31.1. The third kappa shape index (κ3) is 10.3. The number of aryl methyl sites for hydroxylation is 6. The van der Waals surface area contributed by atoms with Gasteiger partial charge in [-0.3, -0.25) is 0 Å². The van der Waals surface area contributed by atoms with E-state index in [4.69, 9.17) is 17.0 Å². The Balaban J connectivity index is 0.000000132. The Morgan fingerprint density at radius 2 is 0.844 bits per heavy atom. The van der Waals surface area contributed by atoms with Gasteiger partial charge in [0.05, 0.1) is 9.52 Å². The maximum absolute atomic E-state index is 4.93. The fraction of sp³-hybridized carbons (Fsp3) is 0.100. The molecular formula is C60H49Cl2SiZr-3. The van der Waals surface area contributed by atoms with Crippen LogP contribution in [0.3, 0.4) is 0 Å². The second-order valence-electron chi connectivity index (χ2n) is 16.7. The summed E-state index contributed by atoms with van der Waals surface area (Å²) in [6.07, 6.45) is 0. The third-order valence-electron chi connectivity index (χ3n) is 11.6. The topological polar surface area (TPSA) is 0 Å². The minimum absolute atomic E-state index is 0.795. The van der Waals surface area contributed by atoms with Gasteiger partial charge in [0, 0.05) is 0 Å². The molecule has 64 heavy (non-hydrogen) atoms. The van der Waals surface area contributed by atoms with Crippen LogP contribution in [-0.4, -0.2) is 9.52 Å². The molecule has 0 spiro atoms. The molecule has 0 bridgehead atoms. The van der Waals surface area contributed by atoms with E-state index < -0.39 is 20.8 Å². The summed E-state index contributed by atoms with van der Waals surface area (Å²) in [6.45, 7) is 13.1. The molecule has 0 unspecified atom stereocenters. The van der Waals surface area contributed by atoms with Gasteiger partial charge in [-0.2, -0.15) is 41.6 Å². The van der Waals surface area contributed by atoms with Crippen LogP contribution in [0.25, 0.3) is 77.2 Å². The molecule has 1 aliphatic heterocycles. The van der Waals surface area contributed by atoms with E-state index in [1.54, 1.807) is 0 Å². The van der Waals surface area contributed by atoms with E-state index in [2.05, 4.69) is 230 Å². The molecule has 0 nitrogen and oxygen atoms in total. The van der Waals surface area contributed by atoms with Crippen molar-refractivity contribution >= 4 is 58.5 Å². The van der Waals surface area contributed by atoms with Crippen molar-refractivity contribution in [1.82, 2.24) is 0 Å². The van der Waals surface area contributed by atoms with Crippen molar-refractivity contribution in [2.24, 2.45) is 0 Å².